The zero-order valence-electron chi connectivity index (χ0n) is 48.0. The molecule has 0 bridgehead atoms. The second kappa shape index (κ2) is 48.1. The predicted octanol–water partition coefficient (Wildman–Crippen LogP) is 27.5. The van der Waals surface area contributed by atoms with E-state index in [2.05, 4.69) is 267 Å². The van der Waals surface area contributed by atoms with Gasteiger partial charge in [-0.25, -0.2) is 0 Å². The first-order chi connectivity index (χ1) is 44.8. The van der Waals surface area contributed by atoms with Gasteiger partial charge in [-0.2, -0.15) is 0 Å². The zero-order valence-corrected chi connectivity index (χ0v) is 48.0. The van der Waals surface area contributed by atoms with E-state index in [0.717, 1.165) is 0 Å². The molecule has 0 saturated carbocycles. The van der Waals surface area contributed by atoms with E-state index in [0.29, 0.717) is 28.7 Å². The van der Waals surface area contributed by atoms with Crippen molar-refractivity contribution in [1.82, 2.24) is 0 Å². The molecule has 0 radical (unpaired) electrons. The van der Waals surface area contributed by atoms with Gasteiger partial charge in [0.05, 0.1) is 28.7 Å². The summed E-state index contributed by atoms with van der Waals surface area (Å²) in [5.74, 6) is 0. The minimum atomic E-state index is 0.500. The van der Waals surface area contributed by atoms with Crippen LogP contribution in [0.5, 0.6) is 0 Å². The smallest absolute Gasteiger partial charge is 0.0785 e. The highest BCUT2D eigenvalue weighted by Crippen LogP contribution is 2.54. The first-order valence-corrected chi connectivity index (χ1v) is 25.5. The predicted molar refractivity (Wildman–Crippen MR) is 328 cm³/mol. The van der Waals surface area contributed by atoms with Crippen LogP contribution < -0.4 is 0 Å². The Balaban J connectivity index is 0.00000298. The molecule has 0 N–H and O–H groups in total. The van der Waals surface area contributed by atoms with Crippen molar-refractivity contribution in [2.24, 2.45) is 0 Å². The summed E-state index contributed by atoms with van der Waals surface area (Å²) >= 11 is 0. The normalized spacial score (nSPS) is 9.11. The first kappa shape index (κ1) is 80.0. The summed E-state index contributed by atoms with van der Waals surface area (Å²) < 4.78 is 166. The van der Waals surface area contributed by atoms with Gasteiger partial charge in [-0.05, 0) is 133 Å². The highest BCUT2D eigenvalue weighted by atomic mass is 20.0. The Morgan fingerprint density at radius 1 is 0.144 bits per heavy atom. The number of fused-ring (bicyclic) bond motifs is 3. The lowest BCUT2D eigenvalue weighted by atomic mass is 9.76. The van der Waals surface area contributed by atoms with Crippen molar-refractivity contribution in [1.29, 1.82) is 0 Å². The Hall–Kier alpha value is -9.98. The summed E-state index contributed by atoms with van der Waals surface area (Å²) in [6.45, 7) is 0. The van der Waals surface area contributed by atoms with Gasteiger partial charge in [0.15, 0.2) is 0 Å². The fourth-order valence-corrected chi connectivity index (χ4v) is 10.2. The largest absolute Gasteiger partial charge is 0.255 e. The van der Waals surface area contributed by atoms with Crippen LogP contribution in [0.4, 0.5) is 90.7 Å². The van der Waals surface area contributed by atoms with Gasteiger partial charge in [0.2, 0.25) is 0 Å². The summed E-state index contributed by atoms with van der Waals surface area (Å²) in [6.07, 6.45) is 0. The Morgan fingerprint density at radius 2 is 0.289 bits per heavy atom. The Bertz CT molecular complexity index is 3470. The minimum absolute atomic E-state index is 0.500. The Morgan fingerprint density at radius 3 is 0.511 bits per heavy atom. The van der Waals surface area contributed by atoms with Crippen molar-refractivity contribution < 1.29 is 90.7 Å². The van der Waals surface area contributed by atoms with E-state index in [4.69, 9.17) is 73.2 Å². The summed E-state index contributed by atoms with van der Waals surface area (Å²) in [5, 5.41) is 7.36. The van der Waals surface area contributed by atoms with Gasteiger partial charge in [-0.3, -0.25) is 17.6 Å². The van der Waals surface area contributed by atoms with E-state index < -0.39 is 0 Å². The van der Waals surface area contributed by atoms with E-state index >= 15 is 0 Å². The number of hydrogen-bond donors (Lipinski definition) is 0. The van der Waals surface area contributed by atoms with Crippen LogP contribution >= 0.6 is 0 Å². The van der Waals surface area contributed by atoms with Crippen molar-refractivity contribution >= 4 is 32.3 Å². The van der Waals surface area contributed by atoms with Crippen LogP contribution in [0, 0.1) is 0 Å². The van der Waals surface area contributed by atoms with Crippen molar-refractivity contribution in [2.75, 3.05) is 28.7 Å². The van der Waals surface area contributed by atoms with Gasteiger partial charge in [-0.15, -0.1) is 0 Å². The second-order valence-corrected chi connectivity index (χ2v) is 17.1. The molecular formula is C70H56F20. The van der Waals surface area contributed by atoms with E-state index in [1.807, 2.05) is 0 Å². The maximum atomic E-state index is 9.50. The number of benzene rings is 12. The number of alkyl halides is 4. The average Bonchev–Trinajstić information content (AvgIpc) is 0.703. The third-order valence-electron chi connectivity index (χ3n) is 13.3. The second-order valence-electron chi connectivity index (χ2n) is 17.1. The molecule has 0 spiro atoms. The van der Waals surface area contributed by atoms with E-state index in [1.165, 1.54) is 121 Å². The molecule has 0 amide bonds. The van der Waals surface area contributed by atoms with Crippen molar-refractivity contribution in [3.63, 3.8) is 0 Å². The van der Waals surface area contributed by atoms with Crippen molar-refractivity contribution in [3.8, 4) is 89.0 Å². The molecule has 20 heteroatoms. The quantitative estimate of drug-likeness (QED) is 0.105. The average molecular weight is 1280 g/mol. The molecule has 0 aromatic heterocycles. The SMILES string of the molecule is CF.CF.CF.CF.FF.FF.FF.FF.FF.FF.FF.FF.c1ccc(-c2ccc(-c3c4ccc(-c5ccccc5)cc4c(-c4ccccc4)c4c(-c5ccc(-c6ccccc6)cc5)c5ccc(-c6ccccc6)cc5c(-c5ccccc5)c34)cc2)cc1. The summed E-state index contributed by atoms with van der Waals surface area (Å²) in [5.41, 5.74) is 19.2. The maximum absolute atomic E-state index is 9.50. The van der Waals surface area contributed by atoms with Crippen LogP contribution in [0.3, 0.4) is 0 Å². The van der Waals surface area contributed by atoms with E-state index in [9.17, 15) is 17.6 Å². The monoisotopic (exact) mass is 1280 g/mol. The zero-order chi connectivity index (χ0) is 67.8. The Labute approximate surface area is 506 Å². The van der Waals surface area contributed by atoms with Crippen molar-refractivity contribution in [2.45, 2.75) is 0 Å². The molecule has 0 unspecified atom stereocenters. The van der Waals surface area contributed by atoms with Crippen LogP contribution in [-0.2, 0) is 0 Å². The standard InChI is InChI=1S/C66H44.4CH3F.8F2/c1-7-19-45(20-8-1)49-31-35-53(36-32-49)61-57-41-39-55(47-23-11-3-12-24-47)43-59(57)64(52-29-17-6-18-30-52)66-62(54-37-33-50(34-38-54)46-21-9-2-10-22-46)58-42-40-56(48-25-13-4-14-26-48)44-60(58)63(65(61)66)51-27-15-5-16-28-51;12*1-2/h1-44H;4*1H3;;;;;;;;. The number of halogens is 20. The summed E-state index contributed by atoms with van der Waals surface area (Å²) in [6, 6.07) is 98.1. The fraction of sp³-hybridized carbons (Fsp3) is 0.0571. The third kappa shape index (κ3) is 20.0. The molecule has 0 nitrogen and oxygen atoms in total. The summed E-state index contributed by atoms with van der Waals surface area (Å²) in [4.78, 5) is 0. The molecule has 12 aromatic carbocycles. The van der Waals surface area contributed by atoms with Gasteiger partial charge in [0.25, 0.3) is 0 Å². The van der Waals surface area contributed by atoms with Crippen molar-refractivity contribution in [3.05, 3.63) is 267 Å². The summed E-state index contributed by atoms with van der Waals surface area (Å²) in [7, 11) is 2.00. The first-order valence-electron chi connectivity index (χ1n) is 25.5. The third-order valence-corrected chi connectivity index (χ3v) is 13.3. The number of hydrogen-bond acceptors (Lipinski definition) is 0. The fourth-order valence-electron chi connectivity index (χ4n) is 10.2. The molecule has 90 heavy (non-hydrogen) atoms. The number of rotatable bonds is 8. The van der Waals surface area contributed by atoms with Crippen LogP contribution in [0.2, 0.25) is 0 Å². The topological polar surface area (TPSA) is 0 Å². The van der Waals surface area contributed by atoms with Gasteiger partial charge in [-0.1, -0.05) is 255 Å². The van der Waals surface area contributed by atoms with Crippen LogP contribution in [-0.4, -0.2) is 28.7 Å². The van der Waals surface area contributed by atoms with Gasteiger partial charge in [0.1, 0.15) is 0 Å². The highest BCUT2D eigenvalue weighted by Gasteiger charge is 2.27. The molecule has 12 aromatic rings. The molecule has 0 fully saturated rings. The molecule has 0 aliphatic heterocycles. The van der Waals surface area contributed by atoms with Crippen LogP contribution in [0.1, 0.15) is 0 Å². The molecule has 0 saturated heterocycles. The lowest BCUT2D eigenvalue weighted by molar-refractivity contribution is 0.108. The van der Waals surface area contributed by atoms with Gasteiger partial charge in [0, 0.05) is 73.2 Å². The molecular weight excluding hydrogens is 1220 g/mol. The van der Waals surface area contributed by atoms with Crippen LogP contribution in [0.15, 0.2) is 267 Å². The molecule has 0 aliphatic rings. The molecule has 476 valence electrons. The lowest BCUT2D eigenvalue weighted by Crippen LogP contribution is -1.98. The lowest BCUT2D eigenvalue weighted by Gasteiger charge is -2.26. The Kier molecular flexibility index (Phi) is 42.7. The molecule has 12 rings (SSSR count). The molecule has 0 aliphatic carbocycles. The van der Waals surface area contributed by atoms with Crippen LogP contribution in [0.25, 0.3) is 121 Å². The van der Waals surface area contributed by atoms with E-state index in [1.54, 1.807) is 0 Å². The minimum Gasteiger partial charge on any atom is -0.255 e. The molecule has 0 atom stereocenters. The van der Waals surface area contributed by atoms with E-state index in [-0.39, 0.29) is 0 Å². The van der Waals surface area contributed by atoms with Gasteiger partial charge >= 0.3 is 0 Å². The molecule has 0 heterocycles. The highest BCUT2D eigenvalue weighted by molar-refractivity contribution is 6.34. The maximum Gasteiger partial charge on any atom is 0.0785 e. The van der Waals surface area contributed by atoms with Gasteiger partial charge < -0.3 is 0 Å².